The number of benzene rings is 1. The molecule has 0 aliphatic carbocycles. The van der Waals surface area contributed by atoms with E-state index in [1.165, 1.54) is 0 Å². The van der Waals surface area contributed by atoms with Crippen molar-refractivity contribution in [2.24, 2.45) is 5.18 Å². The van der Waals surface area contributed by atoms with Gasteiger partial charge >= 0.3 is 0 Å². The van der Waals surface area contributed by atoms with Gasteiger partial charge in [-0.25, -0.2) is 4.98 Å². The molecule has 0 unspecified atom stereocenters. The first kappa shape index (κ1) is 12.6. The Labute approximate surface area is 117 Å². The van der Waals surface area contributed by atoms with Crippen molar-refractivity contribution >= 4 is 17.2 Å². The summed E-state index contributed by atoms with van der Waals surface area (Å²) in [6, 6.07) is 13.4. The Morgan fingerprint density at radius 1 is 0.900 bits per heavy atom. The van der Waals surface area contributed by atoms with Gasteiger partial charge in [0.25, 0.3) is 0 Å². The lowest BCUT2D eigenvalue weighted by Crippen LogP contribution is -2.46. The van der Waals surface area contributed by atoms with Gasteiger partial charge in [-0.2, -0.15) is 0 Å². The van der Waals surface area contributed by atoms with E-state index in [2.05, 4.69) is 20.0 Å². The van der Waals surface area contributed by atoms with Crippen molar-refractivity contribution < 1.29 is 0 Å². The van der Waals surface area contributed by atoms with Crippen LogP contribution in [0.2, 0.25) is 0 Å². The molecule has 5 heteroatoms. The van der Waals surface area contributed by atoms with Crippen molar-refractivity contribution in [1.29, 1.82) is 0 Å². The van der Waals surface area contributed by atoms with E-state index in [4.69, 9.17) is 0 Å². The summed E-state index contributed by atoms with van der Waals surface area (Å²) in [6.45, 7) is 3.80. The highest BCUT2D eigenvalue weighted by Gasteiger charge is 2.17. The van der Waals surface area contributed by atoms with Crippen LogP contribution in [0.5, 0.6) is 0 Å². The number of anilines is 2. The van der Waals surface area contributed by atoms with Crippen LogP contribution in [-0.4, -0.2) is 31.2 Å². The lowest BCUT2D eigenvalue weighted by atomic mass is 10.2. The molecule has 3 rings (SSSR count). The molecule has 1 aromatic heterocycles. The Kier molecular flexibility index (Phi) is 3.58. The third kappa shape index (κ3) is 2.61. The number of nitrogens with zero attached hydrogens (tertiary/aromatic N) is 4. The molecule has 1 aliphatic heterocycles. The average Bonchev–Trinajstić information content (AvgIpc) is 2.56. The van der Waals surface area contributed by atoms with Crippen molar-refractivity contribution in [2.75, 3.05) is 36.0 Å². The van der Waals surface area contributed by atoms with Gasteiger partial charge in [0.15, 0.2) is 0 Å². The van der Waals surface area contributed by atoms with Crippen molar-refractivity contribution in [2.45, 2.75) is 0 Å². The van der Waals surface area contributed by atoms with Crippen LogP contribution in [0.3, 0.4) is 0 Å². The number of piperazine rings is 1. The molecule has 102 valence electrons. The Morgan fingerprint density at radius 3 is 2.20 bits per heavy atom. The van der Waals surface area contributed by atoms with Crippen molar-refractivity contribution in [3.8, 4) is 0 Å². The minimum absolute atomic E-state index is 0.473. The molecule has 0 bridgehead atoms. The van der Waals surface area contributed by atoms with Gasteiger partial charge in [0.1, 0.15) is 11.5 Å². The summed E-state index contributed by atoms with van der Waals surface area (Å²) in [4.78, 5) is 19.4. The molecule has 2 aromatic rings. The number of rotatable bonds is 3. The molecule has 0 spiro atoms. The fourth-order valence-corrected chi connectivity index (χ4v) is 2.46. The van der Waals surface area contributed by atoms with Gasteiger partial charge in [0.05, 0.1) is 0 Å². The number of pyridine rings is 1. The standard InChI is InChI=1S/C15H16N4O/c20-17-13-4-6-14(7-5-13)18-9-11-19(12-10-18)15-3-1-2-8-16-15/h1-8H,9-12H2. The quantitative estimate of drug-likeness (QED) is 0.803. The maximum Gasteiger partial charge on any atom is 0.128 e. The highest BCUT2D eigenvalue weighted by Crippen LogP contribution is 2.22. The smallest absolute Gasteiger partial charge is 0.128 e. The predicted molar refractivity (Wildman–Crippen MR) is 80.6 cm³/mol. The SMILES string of the molecule is O=Nc1ccc(N2CCN(c3ccccn3)CC2)cc1. The third-order valence-corrected chi connectivity index (χ3v) is 3.57. The Morgan fingerprint density at radius 2 is 1.60 bits per heavy atom. The Hall–Kier alpha value is -2.43. The van der Waals surface area contributed by atoms with Gasteiger partial charge in [-0.1, -0.05) is 6.07 Å². The monoisotopic (exact) mass is 268 g/mol. The van der Waals surface area contributed by atoms with Gasteiger partial charge in [-0.15, -0.1) is 4.91 Å². The van der Waals surface area contributed by atoms with Crippen LogP contribution >= 0.6 is 0 Å². The van der Waals surface area contributed by atoms with E-state index >= 15 is 0 Å². The first-order valence-electron chi connectivity index (χ1n) is 6.71. The minimum Gasteiger partial charge on any atom is -0.368 e. The zero-order chi connectivity index (χ0) is 13.8. The van der Waals surface area contributed by atoms with Crippen LogP contribution in [0.25, 0.3) is 0 Å². The third-order valence-electron chi connectivity index (χ3n) is 3.57. The summed E-state index contributed by atoms with van der Waals surface area (Å²) in [5.41, 5.74) is 1.61. The molecule has 0 N–H and O–H groups in total. The normalized spacial score (nSPS) is 15.2. The number of nitroso groups, excluding NO2 is 1. The van der Waals surface area contributed by atoms with E-state index in [1.54, 1.807) is 12.1 Å². The van der Waals surface area contributed by atoms with E-state index in [1.807, 2.05) is 36.5 Å². The van der Waals surface area contributed by atoms with Crippen LogP contribution in [0.1, 0.15) is 0 Å². The minimum atomic E-state index is 0.473. The van der Waals surface area contributed by atoms with Crippen LogP contribution in [0, 0.1) is 4.91 Å². The van der Waals surface area contributed by atoms with E-state index < -0.39 is 0 Å². The van der Waals surface area contributed by atoms with E-state index in [9.17, 15) is 4.91 Å². The van der Waals surface area contributed by atoms with Gasteiger partial charge in [-0.3, -0.25) is 0 Å². The number of hydrogen-bond donors (Lipinski definition) is 0. The molecule has 1 aromatic carbocycles. The molecule has 20 heavy (non-hydrogen) atoms. The fraction of sp³-hybridized carbons (Fsp3) is 0.267. The van der Waals surface area contributed by atoms with E-state index in [0.29, 0.717) is 5.69 Å². The number of hydrogen-bond acceptors (Lipinski definition) is 5. The fourth-order valence-electron chi connectivity index (χ4n) is 2.46. The topological polar surface area (TPSA) is 48.8 Å². The number of aromatic nitrogens is 1. The van der Waals surface area contributed by atoms with Crippen LogP contribution in [0.15, 0.2) is 53.8 Å². The van der Waals surface area contributed by atoms with Crippen molar-refractivity contribution in [3.05, 3.63) is 53.6 Å². The van der Waals surface area contributed by atoms with E-state index in [0.717, 1.165) is 37.7 Å². The molecular formula is C15H16N4O. The Balaban J connectivity index is 1.64. The van der Waals surface area contributed by atoms with Gasteiger partial charge in [-0.05, 0) is 41.6 Å². The highest BCUT2D eigenvalue weighted by molar-refractivity contribution is 5.54. The lowest BCUT2D eigenvalue weighted by Gasteiger charge is -2.36. The van der Waals surface area contributed by atoms with Crippen LogP contribution in [0.4, 0.5) is 17.2 Å². The first-order valence-corrected chi connectivity index (χ1v) is 6.71. The zero-order valence-corrected chi connectivity index (χ0v) is 11.1. The average molecular weight is 268 g/mol. The molecule has 5 nitrogen and oxygen atoms in total. The summed E-state index contributed by atoms with van der Waals surface area (Å²) >= 11 is 0. The predicted octanol–water partition coefficient (Wildman–Crippen LogP) is 2.81. The van der Waals surface area contributed by atoms with Crippen molar-refractivity contribution in [3.63, 3.8) is 0 Å². The molecule has 0 atom stereocenters. The second kappa shape index (κ2) is 5.69. The molecule has 2 heterocycles. The summed E-state index contributed by atoms with van der Waals surface area (Å²) < 4.78 is 0. The maximum absolute atomic E-state index is 10.4. The van der Waals surface area contributed by atoms with Crippen LogP contribution in [-0.2, 0) is 0 Å². The first-order chi connectivity index (χ1) is 9.86. The summed E-state index contributed by atoms with van der Waals surface area (Å²) in [5, 5.41) is 2.92. The summed E-state index contributed by atoms with van der Waals surface area (Å²) in [6.07, 6.45) is 1.83. The second-order valence-corrected chi connectivity index (χ2v) is 4.77. The van der Waals surface area contributed by atoms with E-state index in [-0.39, 0.29) is 0 Å². The summed E-state index contributed by atoms with van der Waals surface area (Å²) in [7, 11) is 0. The van der Waals surface area contributed by atoms with Crippen LogP contribution < -0.4 is 9.80 Å². The molecule has 0 saturated carbocycles. The highest BCUT2D eigenvalue weighted by atomic mass is 16.3. The molecule has 0 radical (unpaired) electrons. The summed E-state index contributed by atoms with van der Waals surface area (Å²) in [5.74, 6) is 1.03. The lowest BCUT2D eigenvalue weighted by molar-refractivity contribution is 0.647. The second-order valence-electron chi connectivity index (χ2n) is 4.77. The molecular weight excluding hydrogens is 252 g/mol. The molecule has 1 aliphatic rings. The Bertz CT molecular complexity index is 562. The molecule has 1 fully saturated rings. The molecule has 1 saturated heterocycles. The van der Waals surface area contributed by atoms with Gasteiger partial charge < -0.3 is 9.80 Å². The molecule has 0 amide bonds. The zero-order valence-electron chi connectivity index (χ0n) is 11.1. The van der Waals surface area contributed by atoms with Crippen molar-refractivity contribution in [1.82, 2.24) is 4.98 Å². The maximum atomic E-state index is 10.4. The van der Waals surface area contributed by atoms with Gasteiger partial charge in [0, 0.05) is 38.1 Å². The largest absolute Gasteiger partial charge is 0.368 e. The van der Waals surface area contributed by atoms with Gasteiger partial charge in [0.2, 0.25) is 0 Å².